The highest BCUT2D eigenvalue weighted by Gasteiger charge is 2.30. The molecule has 6 nitrogen and oxygen atoms in total. The lowest BCUT2D eigenvalue weighted by molar-refractivity contribution is -0.136. The summed E-state index contributed by atoms with van der Waals surface area (Å²) < 4.78 is 27.5. The van der Waals surface area contributed by atoms with Crippen molar-refractivity contribution in [3.8, 4) is 16.9 Å². The molecule has 1 aliphatic rings. The molecule has 1 atom stereocenters. The third kappa shape index (κ3) is 3.70. The van der Waals surface area contributed by atoms with Crippen LogP contribution in [0.3, 0.4) is 0 Å². The Labute approximate surface area is 190 Å². The van der Waals surface area contributed by atoms with E-state index in [0.29, 0.717) is 45.9 Å². The molecular formula is C26H23FN2O4. The minimum Gasteiger partial charge on any atom is -0.481 e. The standard InChI is InChI=1S/C26H23FN2O4/c1-29-14-22(33-26-16(12-23(30)31)6-4-10-20(26)29)21-11-15-5-2-9-19(25(15)32-21)18-8-3-7-17(13-28)24(18)27/h2-11,22H,12-14,28H2,1H3,(H,30,31)/t22-/m0/s1. The van der Waals surface area contributed by atoms with E-state index >= 15 is 4.39 Å². The molecular weight excluding hydrogens is 423 g/mol. The van der Waals surface area contributed by atoms with Crippen LogP contribution >= 0.6 is 0 Å². The van der Waals surface area contributed by atoms with E-state index in [4.69, 9.17) is 14.9 Å². The predicted molar refractivity (Wildman–Crippen MR) is 124 cm³/mol. The van der Waals surface area contributed by atoms with Crippen LogP contribution in [0.1, 0.15) is 23.0 Å². The zero-order chi connectivity index (χ0) is 23.1. The fourth-order valence-electron chi connectivity index (χ4n) is 4.38. The monoisotopic (exact) mass is 446 g/mol. The number of fused-ring (bicyclic) bond motifs is 2. The number of nitrogens with zero attached hydrogens (tertiary/aromatic N) is 1. The average molecular weight is 446 g/mol. The van der Waals surface area contributed by atoms with E-state index in [9.17, 15) is 9.90 Å². The maximum absolute atomic E-state index is 15.0. The molecule has 0 bridgehead atoms. The fraction of sp³-hybridized carbons (Fsp3) is 0.192. The molecule has 0 aliphatic carbocycles. The second-order valence-corrected chi connectivity index (χ2v) is 8.18. The van der Waals surface area contributed by atoms with Crippen molar-refractivity contribution in [3.05, 3.63) is 83.4 Å². The number of halogens is 1. The lowest BCUT2D eigenvalue weighted by atomic mass is 10.0. The van der Waals surface area contributed by atoms with E-state index in [1.807, 2.05) is 48.3 Å². The van der Waals surface area contributed by atoms with Gasteiger partial charge in [-0.15, -0.1) is 0 Å². The quantitative estimate of drug-likeness (QED) is 0.454. The van der Waals surface area contributed by atoms with Gasteiger partial charge in [-0.2, -0.15) is 0 Å². The Kier molecular flexibility index (Phi) is 5.26. The number of para-hydroxylation sites is 2. The number of hydrogen-bond donors (Lipinski definition) is 2. The summed E-state index contributed by atoms with van der Waals surface area (Å²) >= 11 is 0. The SMILES string of the molecule is CN1C[C@@H](c2cc3cccc(-c4cccc(CN)c4F)c3o2)Oc2c(CC(=O)O)cccc21. The number of carboxylic acids is 1. The van der Waals surface area contributed by atoms with Gasteiger partial charge in [-0.25, -0.2) is 4.39 Å². The van der Waals surface area contributed by atoms with Gasteiger partial charge in [0.05, 0.1) is 18.7 Å². The van der Waals surface area contributed by atoms with Gasteiger partial charge in [0, 0.05) is 41.2 Å². The molecule has 0 fully saturated rings. The summed E-state index contributed by atoms with van der Waals surface area (Å²) in [6.45, 7) is 0.634. The van der Waals surface area contributed by atoms with Crippen molar-refractivity contribution in [1.82, 2.24) is 0 Å². The Bertz CT molecular complexity index is 1360. The van der Waals surface area contributed by atoms with Crippen LogP contribution in [0.2, 0.25) is 0 Å². The molecule has 0 saturated heterocycles. The number of benzene rings is 3. The van der Waals surface area contributed by atoms with E-state index < -0.39 is 12.1 Å². The van der Waals surface area contributed by atoms with Crippen LogP contribution in [0.15, 0.2) is 65.1 Å². The summed E-state index contributed by atoms with van der Waals surface area (Å²) in [4.78, 5) is 13.3. The van der Waals surface area contributed by atoms with Crippen molar-refractivity contribution >= 4 is 22.6 Å². The lowest BCUT2D eigenvalue weighted by Gasteiger charge is -2.34. The minimum atomic E-state index is -0.924. The number of rotatable bonds is 5. The molecule has 1 aliphatic heterocycles. The highest BCUT2D eigenvalue weighted by Crippen LogP contribution is 2.42. The van der Waals surface area contributed by atoms with Gasteiger partial charge in [-0.05, 0) is 12.1 Å². The van der Waals surface area contributed by atoms with Gasteiger partial charge in [-0.1, -0.05) is 48.5 Å². The average Bonchev–Trinajstić information content (AvgIpc) is 3.24. The summed E-state index contributed by atoms with van der Waals surface area (Å²) in [5.74, 6) is -0.144. The summed E-state index contributed by atoms with van der Waals surface area (Å²) in [5, 5.41) is 10.1. The fourth-order valence-corrected chi connectivity index (χ4v) is 4.38. The molecule has 5 rings (SSSR count). The molecule has 1 aromatic heterocycles. The first kappa shape index (κ1) is 21.0. The molecule has 0 amide bonds. The van der Waals surface area contributed by atoms with Crippen LogP contribution in [0.5, 0.6) is 5.75 Å². The Morgan fingerprint density at radius 3 is 2.64 bits per heavy atom. The number of hydrogen-bond acceptors (Lipinski definition) is 5. The van der Waals surface area contributed by atoms with Crippen molar-refractivity contribution in [2.24, 2.45) is 5.73 Å². The number of carboxylic acid groups (broad SMARTS) is 1. The molecule has 0 radical (unpaired) electrons. The number of ether oxygens (including phenoxy) is 1. The van der Waals surface area contributed by atoms with Gasteiger partial charge in [-0.3, -0.25) is 4.79 Å². The van der Waals surface area contributed by atoms with Gasteiger partial charge in [0.15, 0.2) is 6.10 Å². The van der Waals surface area contributed by atoms with E-state index in [1.54, 1.807) is 24.3 Å². The summed E-state index contributed by atoms with van der Waals surface area (Å²) in [6.07, 6.45) is -0.581. The maximum atomic E-state index is 15.0. The minimum absolute atomic E-state index is 0.111. The zero-order valence-corrected chi connectivity index (χ0v) is 18.0. The third-order valence-electron chi connectivity index (χ3n) is 6.00. The van der Waals surface area contributed by atoms with E-state index in [-0.39, 0.29) is 18.8 Å². The second kappa shape index (κ2) is 8.26. The van der Waals surface area contributed by atoms with Crippen LogP contribution in [0.25, 0.3) is 22.1 Å². The van der Waals surface area contributed by atoms with E-state index in [2.05, 4.69) is 0 Å². The molecule has 168 valence electrons. The normalized spacial score (nSPS) is 15.4. The van der Waals surface area contributed by atoms with E-state index in [0.717, 1.165) is 11.1 Å². The molecule has 3 N–H and O–H groups in total. The number of anilines is 1. The molecule has 4 aromatic rings. The number of carbonyl (C=O) groups is 1. The highest BCUT2D eigenvalue weighted by atomic mass is 19.1. The van der Waals surface area contributed by atoms with Gasteiger partial charge in [0.25, 0.3) is 0 Å². The van der Waals surface area contributed by atoms with Crippen LogP contribution in [0, 0.1) is 5.82 Å². The van der Waals surface area contributed by atoms with Crippen molar-refractivity contribution in [2.75, 3.05) is 18.5 Å². The first-order chi connectivity index (χ1) is 16.0. The molecule has 7 heteroatoms. The number of aliphatic carboxylic acids is 1. The molecule has 0 saturated carbocycles. The van der Waals surface area contributed by atoms with Crippen LogP contribution < -0.4 is 15.4 Å². The number of nitrogens with two attached hydrogens (primary N) is 1. The first-order valence-electron chi connectivity index (χ1n) is 10.7. The summed E-state index contributed by atoms with van der Waals surface area (Å²) in [5.41, 5.74) is 9.21. The Balaban J connectivity index is 1.57. The molecule has 33 heavy (non-hydrogen) atoms. The lowest BCUT2D eigenvalue weighted by Crippen LogP contribution is -2.32. The highest BCUT2D eigenvalue weighted by molar-refractivity contribution is 5.93. The predicted octanol–water partition coefficient (Wildman–Crippen LogP) is 4.89. The Morgan fingerprint density at radius 1 is 1.12 bits per heavy atom. The van der Waals surface area contributed by atoms with Crippen molar-refractivity contribution in [1.29, 1.82) is 0 Å². The molecule has 2 heterocycles. The maximum Gasteiger partial charge on any atom is 0.307 e. The molecule has 0 unspecified atom stereocenters. The largest absolute Gasteiger partial charge is 0.481 e. The number of likely N-dealkylation sites (N-methyl/N-ethyl adjacent to an activating group) is 1. The molecule has 0 spiro atoms. The smallest absolute Gasteiger partial charge is 0.307 e. The Hall–Kier alpha value is -3.84. The third-order valence-corrected chi connectivity index (χ3v) is 6.00. The van der Waals surface area contributed by atoms with Crippen LogP contribution in [-0.2, 0) is 17.8 Å². The van der Waals surface area contributed by atoms with Gasteiger partial charge in [0.2, 0.25) is 0 Å². The van der Waals surface area contributed by atoms with Gasteiger partial charge >= 0.3 is 5.97 Å². The number of furan rings is 1. The topological polar surface area (TPSA) is 88.9 Å². The Morgan fingerprint density at radius 2 is 1.85 bits per heavy atom. The summed E-state index contributed by atoms with van der Waals surface area (Å²) in [6, 6.07) is 18.1. The van der Waals surface area contributed by atoms with Crippen molar-refractivity contribution in [2.45, 2.75) is 19.1 Å². The van der Waals surface area contributed by atoms with Crippen molar-refractivity contribution in [3.63, 3.8) is 0 Å². The van der Waals surface area contributed by atoms with Crippen molar-refractivity contribution < 1.29 is 23.4 Å². The van der Waals surface area contributed by atoms with Crippen LogP contribution in [0.4, 0.5) is 10.1 Å². The first-order valence-corrected chi connectivity index (χ1v) is 10.7. The second-order valence-electron chi connectivity index (χ2n) is 8.18. The van der Waals surface area contributed by atoms with E-state index in [1.165, 1.54) is 0 Å². The van der Waals surface area contributed by atoms with Gasteiger partial charge in [0.1, 0.15) is 22.9 Å². The summed E-state index contributed by atoms with van der Waals surface area (Å²) in [7, 11) is 1.93. The zero-order valence-electron chi connectivity index (χ0n) is 18.0. The van der Waals surface area contributed by atoms with Gasteiger partial charge < -0.3 is 24.9 Å². The molecule has 3 aromatic carbocycles. The van der Waals surface area contributed by atoms with Crippen LogP contribution in [-0.4, -0.2) is 24.7 Å².